The molecule has 1 N–H and O–H groups in total. The van der Waals surface area contributed by atoms with Crippen LogP contribution in [-0.2, 0) is 0 Å². The van der Waals surface area contributed by atoms with E-state index >= 15 is 0 Å². The van der Waals surface area contributed by atoms with E-state index in [1.165, 1.54) is 6.20 Å². The van der Waals surface area contributed by atoms with E-state index in [1.807, 2.05) is 0 Å². The molecule has 0 aromatic carbocycles. The molecule has 0 radical (unpaired) electrons. The van der Waals surface area contributed by atoms with Crippen LogP contribution in [0.15, 0.2) is 6.20 Å². The summed E-state index contributed by atoms with van der Waals surface area (Å²) in [5, 5.41) is 14.3. The molecule has 0 aliphatic heterocycles. The number of hydrogen-bond acceptors (Lipinski definition) is 5. The summed E-state index contributed by atoms with van der Waals surface area (Å²) in [6.45, 7) is 6.22. The average Bonchev–Trinajstić information content (AvgIpc) is 2.51. The predicted molar refractivity (Wildman–Crippen MR) is 61.4 cm³/mol. The molecule has 1 rings (SSSR count). The van der Waals surface area contributed by atoms with Crippen LogP contribution in [0.5, 0.6) is 0 Å². The molecule has 1 heterocycles. The van der Waals surface area contributed by atoms with E-state index in [0.29, 0.717) is 5.13 Å². The summed E-state index contributed by atoms with van der Waals surface area (Å²) < 4.78 is 0. The van der Waals surface area contributed by atoms with Crippen molar-refractivity contribution in [3.05, 3.63) is 16.3 Å². The zero-order valence-electron chi connectivity index (χ0n) is 9.11. The molecule has 15 heavy (non-hydrogen) atoms. The van der Waals surface area contributed by atoms with Crippen molar-refractivity contribution in [2.24, 2.45) is 0 Å². The minimum Gasteiger partial charge on any atom is -0.356 e. The topological polar surface area (TPSA) is 68.1 Å². The number of thiazole rings is 1. The first-order valence-corrected chi connectivity index (χ1v) is 5.64. The van der Waals surface area contributed by atoms with Gasteiger partial charge < -0.3 is 5.32 Å². The first-order chi connectivity index (χ1) is 6.94. The Morgan fingerprint density at radius 1 is 1.67 bits per heavy atom. The Kier molecular flexibility index (Phi) is 3.62. The Hall–Kier alpha value is -1.17. The summed E-state index contributed by atoms with van der Waals surface area (Å²) in [6, 6.07) is 0. The van der Waals surface area contributed by atoms with Crippen molar-refractivity contribution >= 4 is 21.5 Å². The largest absolute Gasteiger partial charge is 0.356 e. The lowest BCUT2D eigenvalue weighted by atomic mass is 10.00. The highest BCUT2D eigenvalue weighted by molar-refractivity contribution is 7.18. The molecule has 84 valence electrons. The van der Waals surface area contributed by atoms with Gasteiger partial charge in [-0.1, -0.05) is 13.3 Å². The first kappa shape index (κ1) is 11.9. The van der Waals surface area contributed by atoms with E-state index < -0.39 is 4.92 Å². The van der Waals surface area contributed by atoms with Crippen LogP contribution in [0.25, 0.3) is 0 Å². The highest BCUT2D eigenvalue weighted by Gasteiger charge is 2.19. The van der Waals surface area contributed by atoms with E-state index in [0.717, 1.165) is 24.2 Å². The molecular weight excluding hydrogens is 214 g/mol. The third-order valence-corrected chi connectivity index (χ3v) is 2.86. The minimum atomic E-state index is -0.421. The SMILES string of the molecule is CCCC(C)(C)Nc1ncc([N+](=O)[O-])s1. The van der Waals surface area contributed by atoms with Gasteiger partial charge in [0.05, 0.1) is 4.92 Å². The van der Waals surface area contributed by atoms with Gasteiger partial charge in [-0.3, -0.25) is 10.1 Å². The lowest BCUT2D eigenvalue weighted by Crippen LogP contribution is -2.30. The van der Waals surface area contributed by atoms with Crippen molar-refractivity contribution in [2.75, 3.05) is 5.32 Å². The van der Waals surface area contributed by atoms with Crippen LogP contribution < -0.4 is 5.32 Å². The van der Waals surface area contributed by atoms with E-state index in [-0.39, 0.29) is 10.5 Å². The molecule has 0 bridgehead atoms. The normalized spacial score (nSPS) is 11.4. The van der Waals surface area contributed by atoms with E-state index in [2.05, 4.69) is 31.1 Å². The molecule has 0 amide bonds. The molecule has 5 nitrogen and oxygen atoms in total. The maximum atomic E-state index is 10.5. The average molecular weight is 229 g/mol. The quantitative estimate of drug-likeness (QED) is 0.622. The second-order valence-electron chi connectivity index (χ2n) is 4.02. The van der Waals surface area contributed by atoms with Gasteiger partial charge >= 0.3 is 5.00 Å². The molecule has 0 spiro atoms. The molecule has 1 aromatic rings. The van der Waals surface area contributed by atoms with Crippen molar-refractivity contribution in [1.82, 2.24) is 4.98 Å². The van der Waals surface area contributed by atoms with Gasteiger partial charge in [0, 0.05) is 5.54 Å². The Bertz CT molecular complexity index is 349. The highest BCUT2D eigenvalue weighted by atomic mass is 32.1. The number of nitrogens with one attached hydrogen (secondary N) is 1. The molecule has 0 saturated carbocycles. The summed E-state index contributed by atoms with van der Waals surface area (Å²) >= 11 is 1.07. The van der Waals surface area contributed by atoms with Crippen molar-refractivity contribution < 1.29 is 4.92 Å². The number of aromatic nitrogens is 1. The molecule has 6 heteroatoms. The fourth-order valence-corrected chi connectivity index (χ4v) is 2.20. The second-order valence-corrected chi connectivity index (χ2v) is 5.03. The number of hydrogen-bond donors (Lipinski definition) is 1. The molecule has 0 unspecified atom stereocenters. The van der Waals surface area contributed by atoms with Gasteiger partial charge in [0.15, 0.2) is 5.13 Å². The molecule has 0 saturated heterocycles. The Morgan fingerprint density at radius 3 is 2.80 bits per heavy atom. The third-order valence-electron chi connectivity index (χ3n) is 1.99. The van der Waals surface area contributed by atoms with Crippen molar-refractivity contribution in [1.29, 1.82) is 0 Å². The van der Waals surface area contributed by atoms with Gasteiger partial charge in [0.1, 0.15) is 6.20 Å². The van der Waals surface area contributed by atoms with Crippen molar-refractivity contribution in [2.45, 2.75) is 39.2 Å². The monoisotopic (exact) mass is 229 g/mol. The predicted octanol–water partition coefficient (Wildman–Crippen LogP) is 3.04. The molecule has 0 atom stereocenters. The maximum absolute atomic E-state index is 10.5. The fourth-order valence-electron chi connectivity index (χ4n) is 1.38. The fraction of sp³-hybridized carbons (Fsp3) is 0.667. The van der Waals surface area contributed by atoms with Crippen LogP contribution >= 0.6 is 11.3 Å². The van der Waals surface area contributed by atoms with E-state index in [4.69, 9.17) is 0 Å². The van der Waals surface area contributed by atoms with Crippen molar-refractivity contribution in [3.8, 4) is 0 Å². The molecule has 0 aliphatic carbocycles. The zero-order chi connectivity index (χ0) is 11.5. The van der Waals surface area contributed by atoms with Crippen LogP contribution in [0.1, 0.15) is 33.6 Å². The van der Waals surface area contributed by atoms with E-state index in [1.54, 1.807) is 0 Å². The number of nitro groups is 1. The zero-order valence-corrected chi connectivity index (χ0v) is 9.93. The maximum Gasteiger partial charge on any atom is 0.345 e. The van der Waals surface area contributed by atoms with Crippen LogP contribution in [0, 0.1) is 10.1 Å². The Labute approximate surface area is 92.7 Å². The molecular formula is C9H15N3O2S. The summed E-state index contributed by atoms with van der Waals surface area (Å²) in [6.07, 6.45) is 3.35. The van der Waals surface area contributed by atoms with Gasteiger partial charge in [-0.25, -0.2) is 4.98 Å². The third kappa shape index (κ3) is 3.47. The van der Waals surface area contributed by atoms with Crippen LogP contribution in [-0.4, -0.2) is 15.4 Å². The standard InChI is InChI=1S/C9H15N3O2S/c1-4-5-9(2,3)11-8-10-6-7(15-8)12(13)14/h6H,4-5H2,1-3H3,(H,10,11). The second kappa shape index (κ2) is 4.57. The van der Waals surface area contributed by atoms with Gasteiger partial charge in [0.2, 0.25) is 0 Å². The van der Waals surface area contributed by atoms with Gasteiger partial charge in [-0.2, -0.15) is 0 Å². The van der Waals surface area contributed by atoms with E-state index in [9.17, 15) is 10.1 Å². The van der Waals surface area contributed by atoms with Gasteiger partial charge in [-0.15, -0.1) is 0 Å². The molecule has 1 aromatic heterocycles. The Balaban J connectivity index is 2.68. The summed E-state index contributed by atoms with van der Waals surface area (Å²) in [5.41, 5.74) is -0.0690. The lowest BCUT2D eigenvalue weighted by Gasteiger charge is -2.24. The summed E-state index contributed by atoms with van der Waals surface area (Å²) in [4.78, 5) is 14.0. The first-order valence-electron chi connectivity index (χ1n) is 4.83. The number of nitrogens with zero attached hydrogens (tertiary/aromatic N) is 2. The molecule has 0 fully saturated rings. The number of rotatable bonds is 5. The smallest absolute Gasteiger partial charge is 0.345 e. The number of anilines is 1. The molecule has 0 aliphatic rings. The van der Waals surface area contributed by atoms with Crippen LogP contribution in [0.3, 0.4) is 0 Å². The van der Waals surface area contributed by atoms with Crippen LogP contribution in [0.2, 0.25) is 0 Å². The van der Waals surface area contributed by atoms with Crippen LogP contribution in [0.4, 0.5) is 10.1 Å². The highest BCUT2D eigenvalue weighted by Crippen LogP contribution is 2.28. The minimum absolute atomic E-state index is 0.0690. The van der Waals surface area contributed by atoms with Crippen molar-refractivity contribution in [3.63, 3.8) is 0 Å². The van der Waals surface area contributed by atoms with Gasteiger partial charge in [-0.05, 0) is 31.6 Å². The lowest BCUT2D eigenvalue weighted by molar-refractivity contribution is -0.380. The Morgan fingerprint density at radius 2 is 2.33 bits per heavy atom. The summed E-state index contributed by atoms with van der Waals surface area (Å²) in [7, 11) is 0. The summed E-state index contributed by atoms with van der Waals surface area (Å²) in [5.74, 6) is 0. The van der Waals surface area contributed by atoms with Gasteiger partial charge in [0.25, 0.3) is 0 Å².